The summed E-state index contributed by atoms with van der Waals surface area (Å²) in [5.41, 5.74) is 3.10. The largest absolute Gasteiger partial charge is 0.352 e. The molecular formula is C20H21N3OS. The highest BCUT2D eigenvalue weighted by Crippen LogP contribution is 2.37. The number of carbonyl (C=O) groups excluding carboxylic acids is 1. The minimum Gasteiger partial charge on any atom is -0.352 e. The zero-order valence-corrected chi connectivity index (χ0v) is 15.0. The first-order valence-corrected chi connectivity index (χ1v) is 9.61. The van der Waals surface area contributed by atoms with Gasteiger partial charge in [-0.05, 0) is 37.5 Å². The highest BCUT2D eigenvalue weighted by atomic mass is 32.2. The number of rotatable bonds is 6. The topological polar surface area (TPSA) is 46.9 Å². The number of carbonyl (C=O) groups is 1. The van der Waals surface area contributed by atoms with E-state index in [1.165, 1.54) is 11.8 Å². The fourth-order valence-corrected chi connectivity index (χ4v) is 4.14. The van der Waals surface area contributed by atoms with Crippen LogP contribution < -0.4 is 5.32 Å². The van der Waals surface area contributed by atoms with Crippen molar-refractivity contribution in [1.29, 1.82) is 0 Å². The van der Waals surface area contributed by atoms with Crippen molar-refractivity contribution in [3.63, 3.8) is 0 Å². The van der Waals surface area contributed by atoms with Crippen molar-refractivity contribution in [2.24, 2.45) is 0 Å². The molecule has 2 aromatic carbocycles. The van der Waals surface area contributed by atoms with Gasteiger partial charge in [0.05, 0.1) is 11.0 Å². The monoisotopic (exact) mass is 351 g/mol. The van der Waals surface area contributed by atoms with E-state index in [4.69, 9.17) is 4.98 Å². The minimum atomic E-state index is -0.288. The van der Waals surface area contributed by atoms with Crippen LogP contribution in [0.15, 0.2) is 59.8 Å². The lowest BCUT2D eigenvalue weighted by atomic mass is 10.1. The van der Waals surface area contributed by atoms with Gasteiger partial charge in [0.2, 0.25) is 5.91 Å². The summed E-state index contributed by atoms with van der Waals surface area (Å²) in [4.78, 5) is 17.6. The van der Waals surface area contributed by atoms with Gasteiger partial charge in [0.25, 0.3) is 0 Å². The summed E-state index contributed by atoms with van der Waals surface area (Å²) in [7, 11) is 0. The third-order valence-electron chi connectivity index (χ3n) is 4.42. The van der Waals surface area contributed by atoms with Crippen LogP contribution in [0.5, 0.6) is 0 Å². The van der Waals surface area contributed by atoms with Gasteiger partial charge in [-0.2, -0.15) is 0 Å². The summed E-state index contributed by atoms with van der Waals surface area (Å²) in [6.07, 6.45) is 2.18. The maximum Gasteiger partial charge on any atom is 0.238 e. The van der Waals surface area contributed by atoms with Gasteiger partial charge in [0, 0.05) is 12.6 Å². The van der Waals surface area contributed by atoms with Crippen molar-refractivity contribution in [2.45, 2.75) is 42.8 Å². The lowest BCUT2D eigenvalue weighted by Gasteiger charge is -2.17. The van der Waals surface area contributed by atoms with E-state index in [1.807, 2.05) is 48.5 Å². The predicted octanol–water partition coefficient (Wildman–Crippen LogP) is 4.17. The van der Waals surface area contributed by atoms with Gasteiger partial charge < -0.3 is 9.88 Å². The zero-order valence-electron chi connectivity index (χ0n) is 14.2. The molecule has 1 unspecified atom stereocenters. The number of benzene rings is 2. The second-order valence-corrected chi connectivity index (χ2v) is 7.39. The second kappa shape index (κ2) is 6.92. The van der Waals surface area contributed by atoms with E-state index in [9.17, 15) is 4.79 Å². The van der Waals surface area contributed by atoms with Crippen LogP contribution in [-0.2, 0) is 11.3 Å². The first kappa shape index (κ1) is 16.2. The molecule has 1 aliphatic rings. The molecule has 0 spiro atoms. The molecule has 1 aromatic heterocycles. The standard InChI is InChI=1S/C20H21N3OS/c1-2-23-17-11-7-6-10-16(17)22-20(23)25-18(14-8-4-3-5-9-14)19(24)21-15-12-13-15/h3-11,15,18H,2,12-13H2,1H3,(H,21,24). The van der Waals surface area contributed by atoms with Crippen molar-refractivity contribution < 1.29 is 4.79 Å². The smallest absolute Gasteiger partial charge is 0.238 e. The average molecular weight is 351 g/mol. The fourth-order valence-electron chi connectivity index (χ4n) is 2.96. The lowest BCUT2D eigenvalue weighted by molar-refractivity contribution is -0.120. The summed E-state index contributed by atoms with van der Waals surface area (Å²) in [5, 5.41) is 3.75. The maximum atomic E-state index is 12.8. The molecule has 1 saturated carbocycles. The van der Waals surface area contributed by atoms with Crippen molar-refractivity contribution in [1.82, 2.24) is 14.9 Å². The molecule has 1 N–H and O–H groups in total. The molecule has 4 nitrogen and oxygen atoms in total. The number of nitrogens with zero attached hydrogens (tertiary/aromatic N) is 2. The molecule has 128 valence electrons. The van der Waals surface area contributed by atoms with Crippen LogP contribution >= 0.6 is 11.8 Å². The predicted molar refractivity (Wildman–Crippen MR) is 102 cm³/mol. The highest BCUT2D eigenvalue weighted by Gasteiger charge is 2.30. The van der Waals surface area contributed by atoms with Crippen molar-refractivity contribution >= 4 is 28.7 Å². The number of aryl methyl sites for hydroxylation is 1. The van der Waals surface area contributed by atoms with E-state index in [0.29, 0.717) is 6.04 Å². The molecule has 1 aliphatic carbocycles. The molecule has 1 amide bonds. The Labute approximate surface area is 151 Å². The first-order chi connectivity index (χ1) is 12.3. The quantitative estimate of drug-likeness (QED) is 0.678. The van der Waals surface area contributed by atoms with E-state index in [0.717, 1.165) is 41.1 Å². The molecule has 0 bridgehead atoms. The number of amides is 1. The van der Waals surface area contributed by atoms with E-state index >= 15 is 0 Å². The molecular weight excluding hydrogens is 330 g/mol. The van der Waals surface area contributed by atoms with Crippen LogP contribution in [-0.4, -0.2) is 21.5 Å². The van der Waals surface area contributed by atoms with Crippen LogP contribution in [0.3, 0.4) is 0 Å². The van der Waals surface area contributed by atoms with Crippen molar-refractivity contribution in [2.75, 3.05) is 0 Å². The molecule has 4 rings (SSSR count). The van der Waals surface area contributed by atoms with Crippen LogP contribution in [0.2, 0.25) is 0 Å². The highest BCUT2D eigenvalue weighted by molar-refractivity contribution is 8.00. The molecule has 0 saturated heterocycles. The fraction of sp³-hybridized carbons (Fsp3) is 0.300. The van der Waals surface area contributed by atoms with E-state index in [2.05, 4.69) is 22.9 Å². The van der Waals surface area contributed by atoms with Gasteiger partial charge >= 0.3 is 0 Å². The number of imidazole rings is 1. The van der Waals surface area contributed by atoms with Crippen LogP contribution in [0.1, 0.15) is 30.6 Å². The number of para-hydroxylation sites is 2. The Morgan fingerprint density at radius 1 is 1.20 bits per heavy atom. The Hall–Kier alpha value is -2.27. The Bertz CT molecular complexity index is 886. The molecule has 0 radical (unpaired) electrons. The summed E-state index contributed by atoms with van der Waals surface area (Å²) in [6, 6.07) is 18.5. The van der Waals surface area contributed by atoms with Gasteiger partial charge in [0.15, 0.2) is 5.16 Å². The molecule has 3 aromatic rings. The van der Waals surface area contributed by atoms with Crippen LogP contribution in [0.25, 0.3) is 11.0 Å². The molecule has 1 fully saturated rings. The number of nitrogens with one attached hydrogen (secondary N) is 1. The normalized spacial score (nSPS) is 15.2. The molecule has 1 heterocycles. The van der Waals surface area contributed by atoms with Crippen LogP contribution in [0.4, 0.5) is 0 Å². The van der Waals surface area contributed by atoms with Crippen molar-refractivity contribution in [3.8, 4) is 0 Å². The summed E-state index contributed by atoms with van der Waals surface area (Å²) in [6.45, 7) is 2.94. The number of fused-ring (bicyclic) bond motifs is 1. The molecule has 0 aliphatic heterocycles. The first-order valence-electron chi connectivity index (χ1n) is 8.73. The maximum absolute atomic E-state index is 12.8. The molecule has 5 heteroatoms. The second-order valence-electron chi connectivity index (χ2n) is 6.32. The van der Waals surface area contributed by atoms with Gasteiger partial charge in [-0.1, -0.05) is 54.2 Å². The van der Waals surface area contributed by atoms with Gasteiger partial charge in [-0.25, -0.2) is 4.98 Å². The zero-order chi connectivity index (χ0) is 17.2. The van der Waals surface area contributed by atoms with Gasteiger partial charge in [-0.15, -0.1) is 0 Å². The Morgan fingerprint density at radius 3 is 2.64 bits per heavy atom. The summed E-state index contributed by atoms with van der Waals surface area (Å²) >= 11 is 1.54. The molecule has 1 atom stereocenters. The number of hydrogen-bond donors (Lipinski definition) is 1. The number of thioether (sulfide) groups is 1. The number of hydrogen-bond acceptors (Lipinski definition) is 3. The average Bonchev–Trinajstić information content (AvgIpc) is 3.38. The lowest BCUT2D eigenvalue weighted by Crippen LogP contribution is -2.29. The third kappa shape index (κ3) is 3.42. The number of aromatic nitrogens is 2. The minimum absolute atomic E-state index is 0.0772. The van der Waals surface area contributed by atoms with Gasteiger partial charge in [0.1, 0.15) is 5.25 Å². The van der Waals surface area contributed by atoms with E-state index in [1.54, 1.807) is 0 Å². The third-order valence-corrected chi connectivity index (χ3v) is 5.67. The van der Waals surface area contributed by atoms with Gasteiger partial charge in [-0.3, -0.25) is 4.79 Å². The van der Waals surface area contributed by atoms with Crippen LogP contribution in [0, 0.1) is 0 Å². The van der Waals surface area contributed by atoms with E-state index < -0.39 is 0 Å². The van der Waals surface area contributed by atoms with Crippen molar-refractivity contribution in [3.05, 3.63) is 60.2 Å². The van der Waals surface area contributed by atoms with E-state index in [-0.39, 0.29) is 11.2 Å². The Kier molecular flexibility index (Phi) is 4.49. The Morgan fingerprint density at radius 2 is 1.92 bits per heavy atom. The summed E-state index contributed by atoms with van der Waals surface area (Å²) < 4.78 is 2.18. The summed E-state index contributed by atoms with van der Waals surface area (Å²) in [5.74, 6) is 0.0772. The Balaban J connectivity index is 1.69. The molecule has 25 heavy (non-hydrogen) atoms. The SMILES string of the molecule is CCn1c(SC(C(=O)NC2CC2)c2ccccc2)nc2ccccc21.